The molecule has 1 atom stereocenters. The first kappa shape index (κ1) is 16.7. The molecule has 6 heteroatoms. The number of carbonyl (C=O) groups excluding carboxylic acids is 2. The number of nitrogens with zero attached hydrogens (tertiary/aromatic N) is 2. The number of hydrazone groups is 1. The van der Waals surface area contributed by atoms with Crippen molar-refractivity contribution >= 4 is 23.2 Å². The predicted molar refractivity (Wildman–Crippen MR) is 97.2 cm³/mol. The van der Waals surface area contributed by atoms with Gasteiger partial charge in [0.1, 0.15) is 5.71 Å². The van der Waals surface area contributed by atoms with Crippen LogP contribution in [0.25, 0.3) is 0 Å². The van der Waals surface area contributed by atoms with Gasteiger partial charge in [-0.1, -0.05) is 48.5 Å². The zero-order chi connectivity index (χ0) is 17.6. The smallest absolute Gasteiger partial charge is 0.268 e. The number of para-hydroxylation sites is 1. The van der Waals surface area contributed by atoms with Crippen molar-refractivity contribution in [3.8, 4) is 0 Å². The van der Waals surface area contributed by atoms with Crippen LogP contribution in [-0.4, -0.2) is 31.1 Å². The largest absolute Gasteiger partial charge is 0.358 e. The van der Waals surface area contributed by atoms with Gasteiger partial charge < -0.3 is 10.6 Å². The number of nitrogens with one attached hydrogen (secondary N) is 2. The van der Waals surface area contributed by atoms with Crippen LogP contribution in [0.4, 0.5) is 5.69 Å². The summed E-state index contributed by atoms with van der Waals surface area (Å²) in [7, 11) is 1.53. The summed E-state index contributed by atoms with van der Waals surface area (Å²) < 4.78 is 0. The molecule has 1 aliphatic rings. The van der Waals surface area contributed by atoms with Gasteiger partial charge in [0.25, 0.3) is 5.91 Å². The number of amides is 2. The molecule has 0 radical (unpaired) electrons. The van der Waals surface area contributed by atoms with E-state index in [0.717, 1.165) is 11.3 Å². The molecule has 2 N–H and O–H groups in total. The molecule has 25 heavy (non-hydrogen) atoms. The fourth-order valence-electron chi connectivity index (χ4n) is 2.75. The molecule has 0 saturated heterocycles. The lowest BCUT2D eigenvalue weighted by Crippen LogP contribution is -2.38. The van der Waals surface area contributed by atoms with Crippen molar-refractivity contribution in [1.29, 1.82) is 0 Å². The summed E-state index contributed by atoms with van der Waals surface area (Å²) in [5.41, 5.74) is 2.43. The first-order valence-electron chi connectivity index (χ1n) is 8.14. The SMILES string of the molecule is CNC(=O)CNC(=O)C1=NN(c2ccccc2)C(c2ccccc2)C1. The molecule has 2 aromatic rings. The highest BCUT2D eigenvalue weighted by atomic mass is 16.2. The highest BCUT2D eigenvalue weighted by Crippen LogP contribution is 2.34. The van der Waals surface area contributed by atoms with E-state index in [1.54, 1.807) is 0 Å². The van der Waals surface area contributed by atoms with Crippen LogP contribution >= 0.6 is 0 Å². The fraction of sp³-hybridized carbons (Fsp3) is 0.211. The lowest BCUT2D eigenvalue weighted by atomic mass is 10.0. The van der Waals surface area contributed by atoms with Crippen LogP contribution in [-0.2, 0) is 9.59 Å². The number of likely N-dealkylation sites (N-methyl/N-ethyl adjacent to an activating group) is 1. The molecule has 2 aromatic carbocycles. The first-order valence-corrected chi connectivity index (χ1v) is 8.14. The second kappa shape index (κ2) is 7.61. The second-order valence-corrected chi connectivity index (χ2v) is 5.71. The van der Waals surface area contributed by atoms with Gasteiger partial charge in [-0.3, -0.25) is 14.6 Å². The summed E-state index contributed by atoms with van der Waals surface area (Å²) in [6.45, 7) is -0.0598. The summed E-state index contributed by atoms with van der Waals surface area (Å²) in [5, 5.41) is 11.5. The molecule has 128 valence electrons. The molecule has 0 fully saturated rings. The lowest BCUT2D eigenvalue weighted by Gasteiger charge is -2.23. The number of rotatable bonds is 5. The van der Waals surface area contributed by atoms with Crippen LogP contribution in [0.1, 0.15) is 18.0 Å². The minimum atomic E-state index is -0.317. The third kappa shape index (κ3) is 3.85. The Morgan fingerprint density at radius 1 is 1.08 bits per heavy atom. The van der Waals surface area contributed by atoms with Crippen molar-refractivity contribution in [1.82, 2.24) is 10.6 Å². The Balaban J connectivity index is 1.84. The lowest BCUT2D eigenvalue weighted by molar-refractivity contribution is -0.123. The Morgan fingerprint density at radius 3 is 2.36 bits per heavy atom. The Bertz CT molecular complexity index is 775. The average molecular weight is 336 g/mol. The van der Waals surface area contributed by atoms with Crippen molar-refractivity contribution in [3.63, 3.8) is 0 Å². The van der Waals surface area contributed by atoms with Crippen LogP contribution in [0, 0.1) is 0 Å². The van der Waals surface area contributed by atoms with E-state index in [-0.39, 0.29) is 24.4 Å². The monoisotopic (exact) mass is 336 g/mol. The van der Waals surface area contributed by atoms with Gasteiger partial charge in [0.05, 0.1) is 18.3 Å². The topological polar surface area (TPSA) is 73.8 Å². The number of benzene rings is 2. The molecule has 0 spiro atoms. The maximum absolute atomic E-state index is 12.4. The quantitative estimate of drug-likeness (QED) is 0.875. The van der Waals surface area contributed by atoms with Gasteiger partial charge in [-0.2, -0.15) is 5.10 Å². The summed E-state index contributed by atoms with van der Waals surface area (Å²) in [5.74, 6) is -0.561. The Hall–Kier alpha value is -3.15. The second-order valence-electron chi connectivity index (χ2n) is 5.71. The predicted octanol–water partition coefficient (Wildman–Crippen LogP) is 1.86. The summed E-state index contributed by atoms with van der Waals surface area (Å²) >= 11 is 0. The molecular formula is C19H20N4O2. The molecule has 0 bridgehead atoms. The van der Waals surface area contributed by atoms with Crippen molar-refractivity contribution in [2.24, 2.45) is 5.10 Å². The van der Waals surface area contributed by atoms with Crippen LogP contribution in [0.3, 0.4) is 0 Å². The van der Waals surface area contributed by atoms with Gasteiger partial charge in [-0.25, -0.2) is 0 Å². The van der Waals surface area contributed by atoms with E-state index >= 15 is 0 Å². The van der Waals surface area contributed by atoms with Gasteiger partial charge >= 0.3 is 0 Å². The molecule has 3 rings (SSSR count). The van der Waals surface area contributed by atoms with E-state index < -0.39 is 0 Å². The third-order valence-electron chi connectivity index (χ3n) is 4.07. The van der Waals surface area contributed by atoms with Crippen molar-refractivity contribution in [2.75, 3.05) is 18.6 Å². The standard InChI is InChI=1S/C19H20N4O2/c1-20-18(24)13-21-19(25)16-12-17(14-8-4-2-5-9-14)23(22-16)15-10-6-3-7-11-15/h2-11,17H,12-13H2,1H3,(H,20,24)(H,21,25). The Kier molecular flexibility index (Phi) is 5.09. The van der Waals surface area contributed by atoms with Gasteiger partial charge in [-0.15, -0.1) is 0 Å². The minimum absolute atomic E-state index is 0.0515. The number of hydrogen-bond donors (Lipinski definition) is 2. The number of anilines is 1. The zero-order valence-corrected chi connectivity index (χ0v) is 14.0. The van der Waals surface area contributed by atoms with Gasteiger partial charge in [0.15, 0.2) is 0 Å². The highest BCUT2D eigenvalue weighted by Gasteiger charge is 2.32. The zero-order valence-electron chi connectivity index (χ0n) is 14.0. The van der Waals surface area contributed by atoms with Crippen molar-refractivity contribution in [2.45, 2.75) is 12.5 Å². The minimum Gasteiger partial charge on any atom is -0.358 e. The molecule has 6 nitrogen and oxygen atoms in total. The molecule has 2 amide bonds. The van der Waals surface area contributed by atoms with Crippen LogP contribution < -0.4 is 15.6 Å². The molecule has 0 aromatic heterocycles. The van der Waals surface area contributed by atoms with Gasteiger partial charge in [0, 0.05) is 13.5 Å². The average Bonchev–Trinajstić information content (AvgIpc) is 3.12. The van der Waals surface area contributed by atoms with Gasteiger partial charge in [-0.05, 0) is 17.7 Å². The summed E-state index contributed by atoms with van der Waals surface area (Å²) in [6, 6.07) is 19.7. The van der Waals surface area contributed by atoms with E-state index in [4.69, 9.17) is 0 Å². The molecule has 0 aliphatic carbocycles. The summed E-state index contributed by atoms with van der Waals surface area (Å²) in [6.07, 6.45) is 0.485. The molecule has 0 saturated carbocycles. The molecule has 1 aliphatic heterocycles. The van der Waals surface area contributed by atoms with E-state index in [9.17, 15) is 9.59 Å². The molecule has 1 unspecified atom stereocenters. The highest BCUT2D eigenvalue weighted by molar-refractivity contribution is 6.40. The summed E-state index contributed by atoms with van der Waals surface area (Å²) in [4.78, 5) is 23.7. The van der Waals surface area contributed by atoms with E-state index in [2.05, 4.69) is 15.7 Å². The Labute approximate surface area is 146 Å². The molecule has 1 heterocycles. The van der Waals surface area contributed by atoms with Crippen molar-refractivity contribution in [3.05, 3.63) is 66.2 Å². The maximum Gasteiger partial charge on any atom is 0.268 e. The maximum atomic E-state index is 12.4. The fourth-order valence-corrected chi connectivity index (χ4v) is 2.75. The van der Waals surface area contributed by atoms with Gasteiger partial charge in [0.2, 0.25) is 5.91 Å². The normalized spacial score (nSPS) is 16.3. The van der Waals surface area contributed by atoms with E-state index in [0.29, 0.717) is 12.1 Å². The van der Waals surface area contributed by atoms with Crippen LogP contribution in [0.5, 0.6) is 0 Å². The van der Waals surface area contributed by atoms with Crippen LogP contribution in [0.15, 0.2) is 65.8 Å². The van der Waals surface area contributed by atoms with E-state index in [1.165, 1.54) is 7.05 Å². The Morgan fingerprint density at radius 2 is 1.72 bits per heavy atom. The van der Waals surface area contributed by atoms with Crippen molar-refractivity contribution < 1.29 is 9.59 Å². The number of hydrogen-bond acceptors (Lipinski definition) is 4. The first-order chi connectivity index (χ1) is 12.2. The van der Waals surface area contributed by atoms with E-state index in [1.807, 2.05) is 65.7 Å². The number of carbonyl (C=O) groups is 2. The molecular weight excluding hydrogens is 316 g/mol. The third-order valence-corrected chi connectivity index (χ3v) is 4.07. The van der Waals surface area contributed by atoms with Crippen LogP contribution in [0.2, 0.25) is 0 Å².